The Labute approximate surface area is 102 Å². The molecule has 0 saturated carbocycles. The van der Waals surface area contributed by atoms with Crippen LogP contribution >= 0.6 is 0 Å². The monoisotopic (exact) mass is 237 g/mol. The molecule has 0 aliphatic rings. The van der Waals surface area contributed by atoms with Gasteiger partial charge >= 0.3 is 6.09 Å². The predicted molar refractivity (Wildman–Crippen MR) is 67.5 cm³/mol. The summed E-state index contributed by atoms with van der Waals surface area (Å²) in [6.07, 6.45) is 0.649. The summed E-state index contributed by atoms with van der Waals surface area (Å²) in [7, 11) is 0. The maximum Gasteiger partial charge on any atom is 0.411 e. The Hall–Kier alpha value is -1.71. The van der Waals surface area contributed by atoms with Crippen LogP contribution < -0.4 is 10.1 Å². The van der Waals surface area contributed by atoms with Gasteiger partial charge in [-0.25, -0.2) is 4.79 Å². The van der Waals surface area contributed by atoms with Crippen molar-refractivity contribution < 1.29 is 14.3 Å². The van der Waals surface area contributed by atoms with E-state index in [1.54, 1.807) is 19.1 Å². The molecule has 0 aliphatic heterocycles. The van der Waals surface area contributed by atoms with Crippen molar-refractivity contribution >= 4 is 11.8 Å². The highest BCUT2D eigenvalue weighted by Crippen LogP contribution is 2.19. The summed E-state index contributed by atoms with van der Waals surface area (Å²) < 4.78 is 10.5. The topological polar surface area (TPSA) is 47.6 Å². The summed E-state index contributed by atoms with van der Waals surface area (Å²) >= 11 is 0. The van der Waals surface area contributed by atoms with E-state index in [4.69, 9.17) is 9.47 Å². The molecule has 1 aromatic carbocycles. The van der Waals surface area contributed by atoms with E-state index in [2.05, 4.69) is 12.2 Å². The fourth-order valence-electron chi connectivity index (χ4n) is 1.25. The number of anilines is 1. The van der Waals surface area contributed by atoms with Crippen LogP contribution in [0.25, 0.3) is 0 Å². The molecule has 0 heterocycles. The number of nitrogens with one attached hydrogen (secondary N) is 1. The van der Waals surface area contributed by atoms with E-state index in [-0.39, 0.29) is 6.10 Å². The minimum absolute atomic E-state index is 0.160. The number of amides is 1. The first-order valence-corrected chi connectivity index (χ1v) is 5.86. The Morgan fingerprint density at radius 3 is 2.82 bits per heavy atom. The fraction of sp³-hybridized carbons (Fsp3) is 0.462. The van der Waals surface area contributed by atoms with Gasteiger partial charge in [0.25, 0.3) is 0 Å². The SMILES string of the molecule is CCOC(=O)Nc1cccc(OC(C)CC)c1. The highest BCUT2D eigenvalue weighted by atomic mass is 16.5. The lowest BCUT2D eigenvalue weighted by Gasteiger charge is -2.13. The molecule has 4 nitrogen and oxygen atoms in total. The van der Waals surface area contributed by atoms with Crippen molar-refractivity contribution in [3.8, 4) is 5.75 Å². The number of hydrogen-bond acceptors (Lipinski definition) is 3. The van der Waals surface area contributed by atoms with E-state index in [0.717, 1.165) is 12.2 Å². The van der Waals surface area contributed by atoms with Crippen molar-refractivity contribution in [3.63, 3.8) is 0 Å². The second kappa shape index (κ2) is 6.78. The zero-order chi connectivity index (χ0) is 12.7. The van der Waals surface area contributed by atoms with E-state index in [9.17, 15) is 4.79 Å². The van der Waals surface area contributed by atoms with Gasteiger partial charge in [0.2, 0.25) is 0 Å². The Bertz CT molecular complexity index is 365. The van der Waals surface area contributed by atoms with Crippen LogP contribution in [0.3, 0.4) is 0 Å². The predicted octanol–water partition coefficient (Wildman–Crippen LogP) is 3.43. The molecule has 0 aromatic heterocycles. The lowest BCUT2D eigenvalue weighted by molar-refractivity contribution is 0.168. The lowest BCUT2D eigenvalue weighted by Crippen LogP contribution is -2.14. The van der Waals surface area contributed by atoms with Crippen LogP contribution in [0.15, 0.2) is 24.3 Å². The molecule has 0 radical (unpaired) electrons. The molecular weight excluding hydrogens is 218 g/mol. The number of carbonyl (C=O) groups is 1. The second-order valence-corrected chi connectivity index (χ2v) is 3.71. The van der Waals surface area contributed by atoms with Gasteiger partial charge in [-0.3, -0.25) is 5.32 Å². The number of benzene rings is 1. The largest absolute Gasteiger partial charge is 0.491 e. The van der Waals surface area contributed by atoms with Crippen molar-refractivity contribution in [1.29, 1.82) is 0 Å². The molecule has 4 heteroatoms. The smallest absolute Gasteiger partial charge is 0.411 e. The van der Waals surface area contributed by atoms with Gasteiger partial charge in [-0.15, -0.1) is 0 Å². The molecule has 0 bridgehead atoms. The van der Waals surface area contributed by atoms with Crippen LogP contribution in [-0.2, 0) is 4.74 Å². The quantitative estimate of drug-likeness (QED) is 0.853. The third kappa shape index (κ3) is 4.76. The third-order valence-corrected chi connectivity index (χ3v) is 2.27. The average Bonchev–Trinajstić information content (AvgIpc) is 2.29. The normalized spacial score (nSPS) is 11.7. The molecule has 0 spiro atoms. The third-order valence-electron chi connectivity index (χ3n) is 2.27. The summed E-state index contributed by atoms with van der Waals surface area (Å²) in [5.41, 5.74) is 0.671. The van der Waals surface area contributed by atoms with E-state index < -0.39 is 6.09 Å². The second-order valence-electron chi connectivity index (χ2n) is 3.71. The first-order valence-electron chi connectivity index (χ1n) is 5.86. The van der Waals surface area contributed by atoms with Gasteiger partial charge in [0.05, 0.1) is 12.7 Å². The minimum atomic E-state index is -0.451. The van der Waals surface area contributed by atoms with E-state index >= 15 is 0 Å². The van der Waals surface area contributed by atoms with Gasteiger partial charge in [0.1, 0.15) is 5.75 Å². The summed E-state index contributed by atoms with van der Waals surface area (Å²) in [6, 6.07) is 7.27. The molecule has 1 unspecified atom stereocenters. The first kappa shape index (κ1) is 13.4. The molecule has 17 heavy (non-hydrogen) atoms. The van der Waals surface area contributed by atoms with Crippen LogP contribution in [-0.4, -0.2) is 18.8 Å². The molecule has 1 atom stereocenters. The Morgan fingerprint density at radius 2 is 2.18 bits per heavy atom. The van der Waals surface area contributed by atoms with Crippen molar-refractivity contribution in [2.45, 2.75) is 33.3 Å². The Balaban J connectivity index is 2.62. The van der Waals surface area contributed by atoms with Crippen molar-refractivity contribution in [2.75, 3.05) is 11.9 Å². The summed E-state index contributed by atoms with van der Waals surface area (Å²) in [4.78, 5) is 11.2. The van der Waals surface area contributed by atoms with E-state index in [0.29, 0.717) is 12.3 Å². The maximum absolute atomic E-state index is 11.2. The van der Waals surface area contributed by atoms with Crippen LogP contribution in [0, 0.1) is 0 Å². The Kier molecular flexibility index (Phi) is 5.33. The highest BCUT2D eigenvalue weighted by Gasteiger charge is 2.04. The van der Waals surface area contributed by atoms with Crippen LogP contribution in [0.2, 0.25) is 0 Å². The van der Waals surface area contributed by atoms with Gasteiger partial charge in [-0.05, 0) is 32.4 Å². The first-order chi connectivity index (χ1) is 8.15. The number of hydrogen-bond donors (Lipinski definition) is 1. The van der Waals surface area contributed by atoms with Crippen LogP contribution in [0.5, 0.6) is 5.75 Å². The highest BCUT2D eigenvalue weighted by molar-refractivity contribution is 5.84. The van der Waals surface area contributed by atoms with Crippen molar-refractivity contribution in [2.24, 2.45) is 0 Å². The number of ether oxygens (including phenoxy) is 2. The fourth-order valence-corrected chi connectivity index (χ4v) is 1.25. The van der Waals surface area contributed by atoms with Gasteiger partial charge in [-0.2, -0.15) is 0 Å². The van der Waals surface area contributed by atoms with Crippen molar-refractivity contribution in [1.82, 2.24) is 0 Å². The molecule has 94 valence electrons. The van der Waals surface area contributed by atoms with Crippen LogP contribution in [0.1, 0.15) is 27.2 Å². The van der Waals surface area contributed by atoms with Gasteiger partial charge in [0, 0.05) is 11.8 Å². The standard InChI is InChI=1S/C13H19NO3/c1-4-10(3)17-12-8-6-7-11(9-12)14-13(15)16-5-2/h6-10H,4-5H2,1-3H3,(H,14,15). The summed E-state index contributed by atoms with van der Waals surface area (Å²) in [6.45, 7) is 6.19. The van der Waals surface area contributed by atoms with E-state index in [1.807, 2.05) is 19.1 Å². The number of rotatable bonds is 5. The molecule has 1 N–H and O–H groups in total. The number of carbonyl (C=O) groups excluding carboxylic acids is 1. The zero-order valence-electron chi connectivity index (χ0n) is 10.5. The minimum Gasteiger partial charge on any atom is -0.491 e. The molecule has 1 rings (SSSR count). The van der Waals surface area contributed by atoms with E-state index in [1.165, 1.54) is 0 Å². The Morgan fingerprint density at radius 1 is 1.41 bits per heavy atom. The van der Waals surface area contributed by atoms with Gasteiger partial charge in [0.15, 0.2) is 0 Å². The molecule has 0 fully saturated rings. The lowest BCUT2D eigenvalue weighted by atomic mass is 10.3. The maximum atomic E-state index is 11.2. The molecule has 1 amide bonds. The molecule has 0 saturated heterocycles. The molecule has 0 aliphatic carbocycles. The zero-order valence-corrected chi connectivity index (χ0v) is 10.5. The van der Waals surface area contributed by atoms with Gasteiger partial charge in [-0.1, -0.05) is 13.0 Å². The molecule has 1 aromatic rings. The summed E-state index contributed by atoms with van der Waals surface area (Å²) in [5.74, 6) is 0.744. The van der Waals surface area contributed by atoms with Crippen LogP contribution in [0.4, 0.5) is 10.5 Å². The van der Waals surface area contributed by atoms with Gasteiger partial charge < -0.3 is 9.47 Å². The average molecular weight is 237 g/mol. The summed E-state index contributed by atoms with van der Waals surface area (Å²) in [5, 5.41) is 2.63. The molecular formula is C13H19NO3. The van der Waals surface area contributed by atoms with Crippen molar-refractivity contribution in [3.05, 3.63) is 24.3 Å².